The molecule has 0 aromatic rings. The number of rotatable bonds is 5. The van der Waals surface area contributed by atoms with Gasteiger partial charge < -0.3 is 10.5 Å². The first-order valence-electron chi connectivity index (χ1n) is 2.93. The van der Waals surface area contributed by atoms with Crippen molar-refractivity contribution in [2.24, 2.45) is 5.73 Å². The predicted octanol–water partition coefficient (Wildman–Crippen LogP) is 0.816. The molecule has 0 fully saturated rings. The summed E-state index contributed by atoms with van der Waals surface area (Å²) < 4.78 is 5.04. The zero-order chi connectivity index (χ0) is 7.82. The highest BCUT2D eigenvalue weighted by molar-refractivity contribution is 8.13. The fourth-order valence-electron chi connectivity index (χ4n) is 0.377. The maximum atomic E-state index is 6.84. The molecule has 0 bridgehead atoms. The van der Waals surface area contributed by atoms with Crippen LogP contribution in [0, 0.1) is 5.41 Å². The Morgan fingerprint density at radius 2 is 2.50 bits per heavy atom. The topological polar surface area (TPSA) is 59.1 Å². The molecule has 0 aromatic heterocycles. The number of amidine groups is 1. The van der Waals surface area contributed by atoms with Gasteiger partial charge in [0, 0.05) is 5.75 Å². The Bertz CT molecular complexity index is 116. The van der Waals surface area contributed by atoms with Crippen LogP contribution in [0.1, 0.15) is 0 Å². The lowest BCUT2D eigenvalue weighted by Crippen LogP contribution is -2.07. The fraction of sp³-hybridized carbons (Fsp3) is 0.500. The molecule has 10 heavy (non-hydrogen) atoms. The molecule has 0 saturated carbocycles. The Balaban J connectivity index is 2.90. The molecule has 0 spiro atoms. The van der Waals surface area contributed by atoms with Gasteiger partial charge in [0.2, 0.25) is 0 Å². The third-order valence-corrected chi connectivity index (χ3v) is 1.40. The van der Waals surface area contributed by atoms with Gasteiger partial charge in [0.25, 0.3) is 0 Å². The number of thioether (sulfide) groups is 1. The van der Waals surface area contributed by atoms with Crippen LogP contribution in [0.3, 0.4) is 0 Å². The van der Waals surface area contributed by atoms with Gasteiger partial charge in [-0.25, -0.2) is 0 Å². The van der Waals surface area contributed by atoms with Crippen molar-refractivity contribution >= 4 is 16.9 Å². The summed E-state index contributed by atoms with van der Waals surface area (Å²) in [6.07, 6.45) is 1.69. The summed E-state index contributed by atoms with van der Waals surface area (Å²) in [6, 6.07) is 0. The van der Waals surface area contributed by atoms with Crippen molar-refractivity contribution in [3.63, 3.8) is 0 Å². The molecular weight excluding hydrogens is 148 g/mol. The van der Waals surface area contributed by atoms with Crippen LogP contribution in [0.25, 0.3) is 0 Å². The van der Waals surface area contributed by atoms with Gasteiger partial charge in [-0.15, -0.1) is 6.58 Å². The molecule has 0 amide bonds. The lowest BCUT2D eigenvalue weighted by molar-refractivity contribution is 0.180. The second-order valence-corrected chi connectivity index (χ2v) is 2.71. The molecule has 3 nitrogen and oxygen atoms in total. The van der Waals surface area contributed by atoms with Crippen LogP contribution in [0.2, 0.25) is 0 Å². The van der Waals surface area contributed by atoms with Crippen LogP contribution in [0.5, 0.6) is 0 Å². The second-order valence-electron chi connectivity index (χ2n) is 1.58. The van der Waals surface area contributed by atoms with Crippen molar-refractivity contribution in [2.45, 2.75) is 0 Å². The molecule has 0 saturated heterocycles. The molecule has 0 unspecified atom stereocenters. The molecule has 0 heterocycles. The average Bonchev–Trinajstić information content (AvgIpc) is 1.87. The summed E-state index contributed by atoms with van der Waals surface area (Å²) >= 11 is 1.28. The first-order chi connectivity index (χ1) is 4.77. The summed E-state index contributed by atoms with van der Waals surface area (Å²) in [7, 11) is 0. The van der Waals surface area contributed by atoms with Crippen molar-refractivity contribution in [3.05, 3.63) is 12.7 Å². The SMILES string of the molecule is C=CCOCCSC(=N)N. The van der Waals surface area contributed by atoms with Crippen LogP contribution in [-0.4, -0.2) is 24.1 Å². The van der Waals surface area contributed by atoms with Gasteiger partial charge >= 0.3 is 0 Å². The van der Waals surface area contributed by atoms with E-state index in [4.69, 9.17) is 15.9 Å². The minimum atomic E-state index is 0.141. The Morgan fingerprint density at radius 3 is 3.00 bits per heavy atom. The van der Waals surface area contributed by atoms with Crippen LogP contribution >= 0.6 is 11.8 Å². The molecule has 0 atom stereocenters. The molecule has 0 rings (SSSR count). The highest BCUT2D eigenvalue weighted by Gasteiger charge is 1.89. The van der Waals surface area contributed by atoms with E-state index in [1.54, 1.807) is 6.08 Å². The first-order valence-corrected chi connectivity index (χ1v) is 3.91. The van der Waals surface area contributed by atoms with Crippen LogP contribution in [0.4, 0.5) is 0 Å². The third kappa shape index (κ3) is 7.52. The van der Waals surface area contributed by atoms with Crippen molar-refractivity contribution in [1.29, 1.82) is 5.41 Å². The second kappa shape index (κ2) is 6.64. The molecule has 0 aliphatic rings. The molecule has 0 aliphatic carbocycles. The smallest absolute Gasteiger partial charge is 0.151 e. The molecular formula is C6H12N2OS. The molecule has 4 heteroatoms. The monoisotopic (exact) mass is 160 g/mol. The average molecular weight is 160 g/mol. The normalized spacial score (nSPS) is 9.20. The van der Waals surface area contributed by atoms with E-state index in [-0.39, 0.29) is 5.17 Å². The van der Waals surface area contributed by atoms with Gasteiger partial charge in [-0.2, -0.15) is 0 Å². The van der Waals surface area contributed by atoms with E-state index in [9.17, 15) is 0 Å². The number of hydrogen-bond donors (Lipinski definition) is 2. The van der Waals surface area contributed by atoms with Crippen molar-refractivity contribution in [1.82, 2.24) is 0 Å². The van der Waals surface area contributed by atoms with Crippen molar-refractivity contribution < 1.29 is 4.74 Å². The Morgan fingerprint density at radius 1 is 1.80 bits per heavy atom. The number of hydrogen-bond acceptors (Lipinski definition) is 3. The van der Waals surface area contributed by atoms with Gasteiger partial charge in [0.05, 0.1) is 13.2 Å². The molecule has 3 N–H and O–H groups in total. The summed E-state index contributed by atoms with van der Waals surface area (Å²) in [5, 5.41) is 6.98. The van der Waals surface area contributed by atoms with E-state index in [2.05, 4.69) is 6.58 Å². The van der Waals surface area contributed by atoms with E-state index >= 15 is 0 Å². The van der Waals surface area contributed by atoms with Crippen molar-refractivity contribution in [3.8, 4) is 0 Å². The molecule has 58 valence electrons. The molecule has 0 radical (unpaired) electrons. The number of ether oxygens (including phenoxy) is 1. The minimum absolute atomic E-state index is 0.141. The standard InChI is InChI=1S/C6H12N2OS/c1-2-3-9-4-5-10-6(7)8/h2H,1,3-5H2,(H3,7,8). The van der Waals surface area contributed by atoms with Crippen molar-refractivity contribution in [2.75, 3.05) is 19.0 Å². The molecule has 0 aliphatic heterocycles. The van der Waals surface area contributed by atoms with Crippen LogP contribution < -0.4 is 5.73 Å². The van der Waals surface area contributed by atoms with Gasteiger partial charge in [0.1, 0.15) is 0 Å². The zero-order valence-electron chi connectivity index (χ0n) is 5.80. The highest BCUT2D eigenvalue weighted by Crippen LogP contribution is 1.96. The Hall–Kier alpha value is -0.480. The first kappa shape index (κ1) is 9.52. The maximum Gasteiger partial charge on any atom is 0.151 e. The quantitative estimate of drug-likeness (QED) is 0.271. The largest absolute Gasteiger partial charge is 0.379 e. The van der Waals surface area contributed by atoms with Crippen LogP contribution in [-0.2, 0) is 4.74 Å². The van der Waals surface area contributed by atoms with Crippen LogP contribution in [0.15, 0.2) is 12.7 Å². The van der Waals surface area contributed by atoms with E-state index in [1.165, 1.54) is 11.8 Å². The summed E-state index contributed by atoms with van der Waals surface area (Å²) in [5.41, 5.74) is 5.08. The zero-order valence-corrected chi connectivity index (χ0v) is 6.62. The Kier molecular flexibility index (Phi) is 6.32. The van der Waals surface area contributed by atoms with E-state index in [1.807, 2.05) is 0 Å². The Labute approximate surface area is 65.1 Å². The highest BCUT2D eigenvalue weighted by atomic mass is 32.2. The summed E-state index contributed by atoms with van der Waals surface area (Å²) in [4.78, 5) is 0. The minimum Gasteiger partial charge on any atom is -0.379 e. The fourth-order valence-corrected chi connectivity index (χ4v) is 0.798. The predicted molar refractivity (Wildman–Crippen MR) is 45.4 cm³/mol. The van der Waals surface area contributed by atoms with Gasteiger partial charge in [-0.3, -0.25) is 5.41 Å². The lowest BCUT2D eigenvalue weighted by Gasteiger charge is -1.98. The van der Waals surface area contributed by atoms with Gasteiger partial charge in [-0.05, 0) is 0 Å². The third-order valence-electron chi connectivity index (χ3n) is 0.721. The number of nitrogens with one attached hydrogen (secondary N) is 1. The van der Waals surface area contributed by atoms with E-state index in [0.717, 1.165) is 5.75 Å². The summed E-state index contributed by atoms with van der Waals surface area (Å²) in [6.45, 7) is 4.68. The maximum absolute atomic E-state index is 6.84. The van der Waals surface area contributed by atoms with E-state index in [0.29, 0.717) is 13.2 Å². The van der Waals surface area contributed by atoms with Gasteiger partial charge in [-0.1, -0.05) is 17.8 Å². The number of nitrogens with two attached hydrogens (primary N) is 1. The lowest BCUT2D eigenvalue weighted by atomic mass is 10.7. The molecule has 0 aromatic carbocycles. The van der Waals surface area contributed by atoms with Gasteiger partial charge in [0.15, 0.2) is 5.17 Å². The summed E-state index contributed by atoms with van der Waals surface area (Å²) in [5.74, 6) is 0.739. The van der Waals surface area contributed by atoms with E-state index < -0.39 is 0 Å².